The lowest BCUT2D eigenvalue weighted by molar-refractivity contribution is 0.274. The van der Waals surface area contributed by atoms with Crippen molar-refractivity contribution in [2.45, 2.75) is 25.9 Å². The maximum Gasteiger partial charge on any atom is 0.282 e. The first kappa shape index (κ1) is 16.7. The van der Waals surface area contributed by atoms with Crippen LogP contribution in [0.2, 0.25) is 0 Å². The summed E-state index contributed by atoms with van der Waals surface area (Å²) in [4.78, 5) is 0. The third kappa shape index (κ3) is 3.40. The lowest BCUT2D eigenvalue weighted by Crippen LogP contribution is -2.55. The van der Waals surface area contributed by atoms with E-state index in [0.29, 0.717) is 26.2 Å². The first-order valence-electron chi connectivity index (χ1n) is 7.13. The molecule has 0 amide bonds. The van der Waals surface area contributed by atoms with Crippen molar-refractivity contribution in [3.8, 4) is 0 Å². The summed E-state index contributed by atoms with van der Waals surface area (Å²) in [5.41, 5.74) is 2.40. The number of rotatable bonds is 2. The van der Waals surface area contributed by atoms with Gasteiger partial charge >= 0.3 is 0 Å². The molecule has 1 aromatic rings. The van der Waals surface area contributed by atoms with Crippen molar-refractivity contribution >= 4 is 22.6 Å². The van der Waals surface area contributed by atoms with Crippen LogP contribution in [0.3, 0.4) is 0 Å². The van der Waals surface area contributed by atoms with E-state index in [-0.39, 0.29) is 18.4 Å². The number of piperazine rings is 1. The van der Waals surface area contributed by atoms with E-state index in [1.165, 1.54) is 5.56 Å². The Morgan fingerprint density at radius 3 is 2.57 bits per heavy atom. The van der Waals surface area contributed by atoms with E-state index in [4.69, 9.17) is 0 Å². The Balaban J connectivity index is 0.00000161. The highest BCUT2D eigenvalue weighted by Gasteiger charge is 2.34. The number of nitrogens with zero attached hydrogens (tertiary/aromatic N) is 2. The molecule has 118 valence electrons. The molecule has 0 radical (unpaired) electrons. The standard InChI is InChI=1S/C14H21N3O2S.ClH/c1-12-10-17(9-7-15-12)20(18,19)16-8-6-13-4-2-3-5-14(13)11-16;/h2-5,12,15H,6-11H2,1H3;1H/t12-;/m0./s1. The van der Waals surface area contributed by atoms with Gasteiger partial charge in [0.2, 0.25) is 0 Å². The van der Waals surface area contributed by atoms with Gasteiger partial charge in [0.25, 0.3) is 10.2 Å². The van der Waals surface area contributed by atoms with Gasteiger partial charge in [0.1, 0.15) is 0 Å². The molecule has 0 unspecified atom stereocenters. The molecule has 0 saturated carbocycles. The average Bonchev–Trinajstić information content (AvgIpc) is 2.46. The van der Waals surface area contributed by atoms with E-state index >= 15 is 0 Å². The van der Waals surface area contributed by atoms with Crippen LogP contribution in [0.5, 0.6) is 0 Å². The Labute approximate surface area is 132 Å². The van der Waals surface area contributed by atoms with Crippen LogP contribution in [-0.4, -0.2) is 49.2 Å². The van der Waals surface area contributed by atoms with Gasteiger partial charge in [0.15, 0.2) is 0 Å². The number of hydrogen-bond acceptors (Lipinski definition) is 3. The second-order valence-corrected chi connectivity index (χ2v) is 7.50. The molecule has 0 bridgehead atoms. The summed E-state index contributed by atoms with van der Waals surface area (Å²) < 4.78 is 28.7. The van der Waals surface area contributed by atoms with Gasteiger partial charge in [-0.25, -0.2) is 0 Å². The van der Waals surface area contributed by atoms with Gasteiger partial charge in [-0.15, -0.1) is 12.4 Å². The van der Waals surface area contributed by atoms with Crippen molar-refractivity contribution in [3.05, 3.63) is 35.4 Å². The Morgan fingerprint density at radius 1 is 1.14 bits per heavy atom. The Hall–Kier alpha value is -0.660. The Morgan fingerprint density at radius 2 is 1.86 bits per heavy atom. The molecule has 2 heterocycles. The normalized spacial score (nSPS) is 24.1. The third-order valence-corrected chi connectivity index (χ3v) is 6.03. The monoisotopic (exact) mass is 331 g/mol. The molecule has 1 saturated heterocycles. The highest BCUT2D eigenvalue weighted by molar-refractivity contribution is 7.86. The molecule has 5 nitrogen and oxygen atoms in total. The Bertz CT molecular complexity index is 594. The fourth-order valence-electron chi connectivity index (χ4n) is 2.94. The highest BCUT2D eigenvalue weighted by atomic mass is 35.5. The van der Waals surface area contributed by atoms with Gasteiger partial charge in [0.05, 0.1) is 0 Å². The van der Waals surface area contributed by atoms with E-state index in [9.17, 15) is 8.42 Å². The fourth-order valence-corrected chi connectivity index (χ4v) is 4.62. The SMILES string of the molecule is C[C@H]1CN(S(=O)(=O)N2CCc3ccccc3C2)CCN1.Cl. The van der Waals surface area contributed by atoms with Crippen LogP contribution in [0.1, 0.15) is 18.1 Å². The van der Waals surface area contributed by atoms with Crippen LogP contribution in [0, 0.1) is 0 Å². The Kier molecular flexibility index (Phi) is 5.27. The third-order valence-electron chi connectivity index (χ3n) is 4.08. The van der Waals surface area contributed by atoms with Crippen LogP contribution in [0.15, 0.2) is 24.3 Å². The van der Waals surface area contributed by atoms with E-state index in [1.54, 1.807) is 8.61 Å². The molecule has 1 fully saturated rings. The maximum absolute atomic E-state index is 12.7. The molecule has 0 aliphatic carbocycles. The lowest BCUT2D eigenvalue weighted by atomic mass is 10.0. The summed E-state index contributed by atoms with van der Waals surface area (Å²) in [6.07, 6.45) is 0.803. The predicted octanol–water partition coefficient (Wildman–Crippen LogP) is 1.00. The van der Waals surface area contributed by atoms with Crippen molar-refractivity contribution < 1.29 is 8.42 Å². The maximum atomic E-state index is 12.7. The topological polar surface area (TPSA) is 52.7 Å². The fraction of sp³-hybridized carbons (Fsp3) is 0.571. The molecule has 0 aromatic heterocycles. The van der Waals surface area contributed by atoms with Gasteiger partial charge in [-0.05, 0) is 24.5 Å². The molecular weight excluding hydrogens is 310 g/mol. The molecular formula is C14H22ClN3O2S. The second-order valence-electron chi connectivity index (χ2n) is 5.57. The van der Waals surface area contributed by atoms with Crippen LogP contribution >= 0.6 is 12.4 Å². The lowest BCUT2D eigenvalue weighted by Gasteiger charge is -2.36. The van der Waals surface area contributed by atoms with Crippen LogP contribution < -0.4 is 5.32 Å². The molecule has 0 spiro atoms. The minimum atomic E-state index is -3.33. The quantitative estimate of drug-likeness (QED) is 0.880. The van der Waals surface area contributed by atoms with Crippen molar-refractivity contribution in [1.29, 1.82) is 0 Å². The van der Waals surface area contributed by atoms with E-state index < -0.39 is 10.2 Å². The first-order chi connectivity index (χ1) is 9.57. The molecule has 1 N–H and O–H groups in total. The van der Waals surface area contributed by atoms with Crippen LogP contribution in [-0.2, 0) is 23.2 Å². The van der Waals surface area contributed by atoms with Crippen molar-refractivity contribution in [1.82, 2.24) is 13.9 Å². The minimum absolute atomic E-state index is 0. The van der Waals surface area contributed by atoms with Gasteiger partial charge in [0, 0.05) is 38.8 Å². The molecule has 3 rings (SSSR count). The minimum Gasteiger partial charge on any atom is -0.312 e. The van der Waals surface area contributed by atoms with E-state index in [0.717, 1.165) is 18.5 Å². The summed E-state index contributed by atoms with van der Waals surface area (Å²) in [6.45, 7) is 4.94. The number of hydrogen-bond donors (Lipinski definition) is 1. The van der Waals surface area contributed by atoms with Crippen molar-refractivity contribution in [2.75, 3.05) is 26.2 Å². The molecule has 2 aliphatic heterocycles. The van der Waals surface area contributed by atoms with Crippen LogP contribution in [0.4, 0.5) is 0 Å². The number of halogens is 1. The molecule has 2 aliphatic rings. The van der Waals surface area contributed by atoms with Crippen molar-refractivity contribution in [3.63, 3.8) is 0 Å². The molecule has 21 heavy (non-hydrogen) atoms. The van der Waals surface area contributed by atoms with Gasteiger partial charge in [-0.1, -0.05) is 24.3 Å². The zero-order valence-electron chi connectivity index (χ0n) is 12.2. The smallest absolute Gasteiger partial charge is 0.282 e. The average molecular weight is 332 g/mol. The summed E-state index contributed by atoms with van der Waals surface area (Å²) in [7, 11) is -3.33. The second kappa shape index (κ2) is 6.62. The summed E-state index contributed by atoms with van der Waals surface area (Å²) in [6, 6.07) is 8.32. The number of benzene rings is 1. The van der Waals surface area contributed by atoms with Gasteiger partial charge in [-0.3, -0.25) is 0 Å². The number of nitrogens with one attached hydrogen (secondary N) is 1. The summed E-state index contributed by atoms with van der Waals surface area (Å²) in [5, 5.41) is 3.28. The molecule has 1 aromatic carbocycles. The van der Waals surface area contributed by atoms with Crippen LogP contribution in [0.25, 0.3) is 0 Å². The largest absolute Gasteiger partial charge is 0.312 e. The summed E-state index contributed by atoms with van der Waals surface area (Å²) in [5.74, 6) is 0. The molecule has 1 atom stereocenters. The van der Waals surface area contributed by atoms with Gasteiger partial charge < -0.3 is 5.32 Å². The van der Waals surface area contributed by atoms with E-state index in [1.807, 2.05) is 25.1 Å². The number of fused-ring (bicyclic) bond motifs is 1. The predicted molar refractivity (Wildman–Crippen MR) is 85.8 cm³/mol. The van der Waals surface area contributed by atoms with Gasteiger partial charge in [-0.2, -0.15) is 17.0 Å². The summed E-state index contributed by atoms with van der Waals surface area (Å²) >= 11 is 0. The van der Waals surface area contributed by atoms with E-state index in [2.05, 4.69) is 11.4 Å². The zero-order valence-corrected chi connectivity index (χ0v) is 13.8. The first-order valence-corrected chi connectivity index (χ1v) is 8.52. The van der Waals surface area contributed by atoms with Crippen molar-refractivity contribution in [2.24, 2.45) is 0 Å². The zero-order chi connectivity index (χ0) is 14.2. The highest BCUT2D eigenvalue weighted by Crippen LogP contribution is 2.23. The molecule has 7 heteroatoms.